The zero-order valence-corrected chi connectivity index (χ0v) is 16.2. The lowest BCUT2D eigenvalue weighted by atomic mass is 9.71. The molecule has 3 rings (SSSR count). The van der Waals surface area contributed by atoms with Crippen LogP contribution in [0, 0.1) is 5.41 Å². The molecule has 28 heavy (non-hydrogen) atoms. The van der Waals surface area contributed by atoms with Gasteiger partial charge < -0.3 is 14.6 Å². The van der Waals surface area contributed by atoms with Gasteiger partial charge in [0.15, 0.2) is 0 Å². The summed E-state index contributed by atoms with van der Waals surface area (Å²) in [4.78, 5) is 22.6. The first-order valence-corrected chi connectivity index (χ1v) is 9.93. The smallest absolute Gasteiger partial charge is 0.427 e. The summed E-state index contributed by atoms with van der Waals surface area (Å²) < 4.78 is 11.0. The first-order chi connectivity index (χ1) is 13.5. The molecule has 1 amide bonds. The number of aryl methyl sites for hydroxylation is 1. The minimum absolute atomic E-state index is 0.0258. The van der Waals surface area contributed by atoms with Crippen LogP contribution < -0.4 is 5.43 Å². The Bertz CT molecular complexity index is 735. The molecule has 0 spiro atoms. The van der Waals surface area contributed by atoms with Crippen molar-refractivity contribution in [3.63, 3.8) is 0 Å². The van der Waals surface area contributed by atoms with Gasteiger partial charge in [0.05, 0.1) is 25.2 Å². The van der Waals surface area contributed by atoms with E-state index in [0.717, 1.165) is 49.7 Å². The first kappa shape index (κ1) is 20.3. The van der Waals surface area contributed by atoms with E-state index in [4.69, 9.17) is 14.6 Å². The van der Waals surface area contributed by atoms with E-state index in [1.54, 1.807) is 0 Å². The predicted molar refractivity (Wildman–Crippen MR) is 104 cm³/mol. The molecule has 0 aliphatic carbocycles. The molecule has 7 nitrogen and oxygen atoms in total. The van der Waals surface area contributed by atoms with Crippen LogP contribution in [0.25, 0.3) is 0 Å². The van der Waals surface area contributed by atoms with Gasteiger partial charge in [-0.25, -0.2) is 10.2 Å². The molecule has 2 fully saturated rings. The molecular formula is C21H28N2O5. The number of hydrogen-bond acceptors (Lipinski definition) is 5. The lowest BCUT2D eigenvalue weighted by Crippen LogP contribution is -2.35. The molecule has 1 aromatic rings. The van der Waals surface area contributed by atoms with Crippen molar-refractivity contribution >= 4 is 18.3 Å². The maximum absolute atomic E-state index is 11.6. The van der Waals surface area contributed by atoms with E-state index in [9.17, 15) is 9.59 Å². The Kier molecular flexibility index (Phi) is 6.67. The molecule has 0 saturated carbocycles. The highest BCUT2D eigenvalue weighted by Crippen LogP contribution is 2.49. The first-order valence-electron chi connectivity index (χ1n) is 9.93. The van der Waals surface area contributed by atoms with Crippen molar-refractivity contribution < 1.29 is 24.2 Å². The number of amides is 1. The number of nitrogens with one attached hydrogen (secondary N) is 1. The SMILES string of the molecule is CCCOC(=O)NN=C[C@@]1(CCc2cccc(CC(=O)O)c2)C[C@@H]2CC[C@H]1O2. The van der Waals surface area contributed by atoms with Crippen molar-refractivity contribution in [2.45, 2.75) is 64.1 Å². The Hall–Kier alpha value is -2.41. The maximum Gasteiger partial charge on any atom is 0.427 e. The molecule has 2 heterocycles. The van der Waals surface area contributed by atoms with Crippen LogP contribution in [0.1, 0.15) is 50.2 Å². The molecule has 2 N–H and O–H groups in total. The fourth-order valence-corrected chi connectivity index (χ4v) is 4.18. The van der Waals surface area contributed by atoms with E-state index in [1.807, 2.05) is 37.4 Å². The number of hydrogen-bond donors (Lipinski definition) is 2. The Labute approximate surface area is 165 Å². The van der Waals surface area contributed by atoms with Gasteiger partial charge in [0.2, 0.25) is 0 Å². The van der Waals surface area contributed by atoms with Gasteiger partial charge in [0.1, 0.15) is 0 Å². The van der Waals surface area contributed by atoms with Gasteiger partial charge in [-0.15, -0.1) is 0 Å². The molecule has 2 bridgehead atoms. The molecule has 152 valence electrons. The van der Waals surface area contributed by atoms with Crippen molar-refractivity contribution in [3.05, 3.63) is 35.4 Å². The molecule has 2 aliphatic heterocycles. The summed E-state index contributed by atoms with van der Waals surface area (Å²) >= 11 is 0. The third-order valence-corrected chi connectivity index (χ3v) is 5.50. The predicted octanol–water partition coefficient (Wildman–Crippen LogP) is 3.31. The number of carboxylic acids is 1. The van der Waals surface area contributed by atoms with Crippen molar-refractivity contribution in [2.24, 2.45) is 10.5 Å². The van der Waals surface area contributed by atoms with E-state index in [1.165, 1.54) is 0 Å². The summed E-state index contributed by atoms with van der Waals surface area (Å²) in [6.07, 6.45) is 7.02. The van der Waals surface area contributed by atoms with Gasteiger partial charge in [-0.2, -0.15) is 5.10 Å². The molecule has 1 aromatic carbocycles. The van der Waals surface area contributed by atoms with E-state index in [-0.39, 0.29) is 24.0 Å². The highest BCUT2D eigenvalue weighted by Gasteiger charge is 2.51. The number of hydrazone groups is 1. The molecule has 0 unspecified atom stereocenters. The zero-order chi connectivity index (χ0) is 20.0. The van der Waals surface area contributed by atoms with Crippen molar-refractivity contribution in [3.8, 4) is 0 Å². The summed E-state index contributed by atoms with van der Waals surface area (Å²) in [6, 6.07) is 7.70. The minimum Gasteiger partial charge on any atom is -0.481 e. The zero-order valence-electron chi connectivity index (χ0n) is 16.2. The monoisotopic (exact) mass is 388 g/mol. The topological polar surface area (TPSA) is 97.2 Å². The van der Waals surface area contributed by atoms with Gasteiger partial charge in [-0.1, -0.05) is 31.2 Å². The number of carbonyl (C=O) groups excluding carboxylic acids is 1. The van der Waals surface area contributed by atoms with Crippen LogP contribution in [0.4, 0.5) is 4.79 Å². The van der Waals surface area contributed by atoms with Crippen LogP contribution >= 0.6 is 0 Å². The number of benzene rings is 1. The normalized spacial score (nSPS) is 25.9. The number of aliphatic carboxylic acids is 1. The minimum atomic E-state index is -0.830. The summed E-state index contributed by atoms with van der Waals surface area (Å²) in [5.41, 5.74) is 4.13. The van der Waals surface area contributed by atoms with Crippen LogP contribution in [0.15, 0.2) is 29.4 Å². The summed E-state index contributed by atoms with van der Waals surface area (Å²) in [5.74, 6) is -0.830. The van der Waals surface area contributed by atoms with Crippen LogP contribution in [0.2, 0.25) is 0 Å². The van der Waals surface area contributed by atoms with Crippen LogP contribution in [-0.4, -0.2) is 42.2 Å². The third kappa shape index (κ3) is 5.10. The largest absolute Gasteiger partial charge is 0.481 e. The van der Waals surface area contributed by atoms with Crippen LogP contribution in [0.3, 0.4) is 0 Å². The van der Waals surface area contributed by atoms with Crippen molar-refractivity contribution in [1.82, 2.24) is 5.43 Å². The Balaban J connectivity index is 1.64. The Morgan fingerprint density at radius 2 is 2.21 bits per heavy atom. The molecule has 0 radical (unpaired) electrons. The maximum atomic E-state index is 11.6. The van der Waals surface area contributed by atoms with Gasteiger partial charge >= 0.3 is 12.1 Å². The Morgan fingerprint density at radius 1 is 1.39 bits per heavy atom. The van der Waals surface area contributed by atoms with E-state index >= 15 is 0 Å². The number of nitrogens with zero attached hydrogens (tertiary/aromatic N) is 1. The van der Waals surface area contributed by atoms with Gasteiger partial charge in [-0.3, -0.25) is 4.79 Å². The van der Waals surface area contributed by atoms with Crippen molar-refractivity contribution in [2.75, 3.05) is 6.61 Å². The molecular weight excluding hydrogens is 360 g/mol. The highest BCUT2D eigenvalue weighted by atomic mass is 16.6. The average Bonchev–Trinajstić information content (AvgIpc) is 3.26. The fourth-order valence-electron chi connectivity index (χ4n) is 4.18. The molecule has 3 atom stereocenters. The molecule has 0 aromatic heterocycles. The molecule has 7 heteroatoms. The summed E-state index contributed by atoms with van der Waals surface area (Å²) in [5, 5.41) is 13.1. The van der Waals surface area contributed by atoms with Crippen LogP contribution in [-0.2, 0) is 27.1 Å². The van der Waals surface area contributed by atoms with Gasteiger partial charge in [-0.05, 0) is 49.7 Å². The lowest BCUT2D eigenvalue weighted by molar-refractivity contribution is -0.136. The van der Waals surface area contributed by atoms with E-state index < -0.39 is 12.1 Å². The second kappa shape index (κ2) is 9.19. The number of carboxylic acid groups (broad SMARTS) is 1. The lowest BCUT2D eigenvalue weighted by Gasteiger charge is -2.31. The van der Waals surface area contributed by atoms with Gasteiger partial charge in [0.25, 0.3) is 0 Å². The summed E-state index contributed by atoms with van der Waals surface area (Å²) in [6.45, 7) is 2.30. The molecule has 2 aliphatic rings. The number of rotatable bonds is 9. The Morgan fingerprint density at radius 3 is 2.89 bits per heavy atom. The molecule has 2 saturated heterocycles. The quantitative estimate of drug-likeness (QED) is 0.500. The second-order valence-electron chi connectivity index (χ2n) is 7.66. The number of fused-ring (bicyclic) bond motifs is 2. The van der Waals surface area contributed by atoms with Crippen molar-refractivity contribution in [1.29, 1.82) is 0 Å². The van der Waals surface area contributed by atoms with E-state index in [0.29, 0.717) is 6.61 Å². The highest BCUT2D eigenvalue weighted by molar-refractivity contribution is 5.72. The number of ether oxygens (including phenoxy) is 2. The summed E-state index contributed by atoms with van der Waals surface area (Å²) in [7, 11) is 0. The van der Waals surface area contributed by atoms with Gasteiger partial charge in [0, 0.05) is 11.6 Å². The van der Waals surface area contributed by atoms with E-state index in [2.05, 4.69) is 10.5 Å². The second-order valence-corrected chi connectivity index (χ2v) is 7.66. The third-order valence-electron chi connectivity index (χ3n) is 5.50. The number of carbonyl (C=O) groups is 2. The standard InChI is InChI=1S/C21H28N2O5/c1-2-10-27-20(26)23-22-14-21(13-17-6-7-18(21)28-17)9-8-15-4-3-5-16(11-15)12-19(24)25/h3-5,11,14,17-18H,2,6-10,12-13H2,1H3,(H,23,26)(H,24,25)/t17-,18+,21+/m0/s1. The van der Waals surface area contributed by atoms with Crippen LogP contribution in [0.5, 0.6) is 0 Å². The fraction of sp³-hybridized carbons (Fsp3) is 0.571. The average molecular weight is 388 g/mol.